The van der Waals surface area contributed by atoms with Crippen molar-refractivity contribution in [3.63, 3.8) is 0 Å². The molecule has 0 saturated carbocycles. The van der Waals surface area contributed by atoms with Gasteiger partial charge in [-0.1, -0.05) is 36.4 Å². The summed E-state index contributed by atoms with van der Waals surface area (Å²) >= 11 is 0. The van der Waals surface area contributed by atoms with Crippen LogP contribution in [-0.4, -0.2) is 32.3 Å². The maximum absolute atomic E-state index is 13.4. The van der Waals surface area contributed by atoms with Crippen molar-refractivity contribution in [2.24, 2.45) is 0 Å². The molecule has 4 rings (SSSR count). The molecule has 0 fully saturated rings. The standard InChI is InChI=1S/C27H23F2NO4S/c1-34-24-12-7-20-3-2-4-21(26(20)18-24)15-16-30(27(31)17-19-5-8-22(28)9-6-19)35(32,33)25-13-10-23(29)11-14-25/h2-14,18H,15-17H2,1H3. The first kappa shape index (κ1) is 24.3. The van der Waals surface area contributed by atoms with Crippen LogP contribution in [0.15, 0.2) is 89.8 Å². The van der Waals surface area contributed by atoms with Crippen LogP contribution >= 0.6 is 0 Å². The number of amides is 1. The Labute approximate surface area is 202 Å². The largest absolute Gasteiger partial charge is 0.497 e. The van der Waals surface area contributed by atoms with E-state index in [-0.39, 0.29) is 24.3 Å². The van der Waals surface area contributed by atoms with Gasteiger partial charge in [-0.25, -0.2) is 21.5 Å². The van der Waals surface area contributed by atoms with Gasteiger partial charge in [0.25, 0.3) is 10.0 Å². The van der Waals surface area contributed by atoms with E-state index in [1.807, 2.05) is 36.4 Å². The van der Waals surface area contributed by atoms with E-state index in [0.717, 1.165) is 44.9 Å². The van der Waals surface area contributed by atoms with E-state index in [4.69, 9.17) is 4.74 Å². The number of nitrogens with zero attached hydrogens (tertiary/aromatic N) is 1. The maximum Gasteiger partial charge on any atom is 0.266 e. The van der Waals surface area contributed by atoms with Crippen LogP contribution in [0.1, 0.15) is 11.1 Å². The summed E-state index contributed by atoms with van der Waals surface area (Å²) in [7, 11) is -2.70. The van der Waals surface area contributed by atoms with Gasteiger partial charge in [0.2, 0.25) is 5.91 Å². The van der Waals surface area contributed by atoms with Crippen molar-refractivity contribution in [1.82, 2.24) is 4.31 Å². The fourth-order valence-corrected chi connectivity index (χ4v) is 5.26. The van der Waals surface area contributed by atoms with E-state index in [9.17, 15) is 22.0 Å². The third-order valence-corrected chi connectivity index (χ3v) is 7.55. The third-order valence-electron chi connectivity index (χ3n) is 5.71. The number of fused-ring (bicyclic) bond motifs is 1. The summed E-state index contributed by atoms with van der Waals surface area (Å²) in [5.41, 5.74) is 1.32. The predicted octanol–water partition coefficient (Wildman–Crippen LogP) is 5.13. The maximum atomic E-state index is 13.4. The lowest BCUT2D eigenvalue weighted by atomic mass is 10.0. The van der Waals surface area contributed by atoms with Crippen molar-refractivity contribution in [2.75, 3.05) is 13.7 Å². The number of halogens is 2. The zero-order valence-electron chi connectivity index (χ0n) is 18.9. The van der Waals surface area contributed by atoms with E-state index >= 15 is 0 Å². The molecule has 4 aromatic rings. The van der Waals surface area contributed by atoms with Gasteiger partial charge in [-0.05, 0) is 76.9 Å². The summed E-state index contributed by atoms with van der Waals surface area (Å²) in [4.78, 5) is 13.0. The highest BCUT2D eigenvalue weighted by atomic mass is 32.2. The molecule has 0 aromatic heterocycles. The molecule has 5 nitrogen and oxygen atoms in total. The number of benzene rings is 4. The van der Waals surface area contributed by atoms with Crippen molar-refractivity contribution in [3.05, 3.63) is 108 Å². The van der Waals surface area contributed by atoms with Crippen LogP contribution in [-0.2, 0) is 27.7 Å². The van der Waals surface area contributed by atoms with Crippen LogP contribution in [0.3, 0.4) is 0 Å². The fourth-order valence-electron chi connectivity index (χ4n) is 3.86. The molecule has 0 radical (unpaired) electrons. The van der Waals surface area contributed by atoms with Gasteiger partial charge in [0.15, 0.2) is 0 Å². The Kier molecular flexibility index (Phi) is 7.12. The first-order chi connectivity index (χ1) is 16.8. The lowest BCUT2D eigenvalue weighted by Crippen LogP contribution is -2.39. The smallest absolute Gasteiger partial charge is 0.266 e. The average Bonchev–Trinajstić information content (AvgIpc) is 2.85. The van der Waals surface area contributed by atoms with E-state index in [1.54, 1.807) is 7.11 Å². The minimum absolute atomic E-state index is 0.129. The summed E-state index contributed by atoms with van der Waals surface area (Å²) < 4.78 is 59.7. The molecular formula is C27H23F2NO4S. The number of carbonyl (C=O) groups is 1. The van der Waals surface area contributed by atoms with Crippen molar-refractivity contribution in [1.29, 1.82) is 0 Å². The molecule has 0 saturated heterocycles. The summed E-state index contributed by atoms with van der Waals surface area (Å²) in [5.74, 6) is -1.05. The lowest BCUT2D eigenvalue weighted by Gasteiger charge is -2.23. The van der Waals surface area contributed by atoms with Crippen molar-refractivity contribution in [3.8, 4) is 5.75 Å². The van der Waals surface area contributed by atoms with E-state index in [2.05, 4.69) is 0 Å². The molecule has 0 atom stereocenters. The SMILES string of the molecule is COc1ccc2cccc(CCN(C(=O)Cc3ccc(F)cc3)S(=O)(=O)c3ccc(F)cc3)c2c1. The minimum atomic E-state index is -4.26. The molecular weight excluding hydrogens is 472 g/mol. The number of ether oxygens (including phenoxy) is 1. The highest BCUT2D eigenvalue weighted by Crippen LogP contribution is 2.26. The monoisotopic (exact) mass is 495 g/mol. The summed E-state index contributed by atoms with van der Waals surface area (Å²) in [5, 5.41) is 1.84. The van der Waals surface area contributed by atoms with Gasteiger partial charge in [0.1, 0.15) is 17.4 Å². The molecule has 0 N–H and O–H groups in total. The Morgan fingerprint density at radius 2 is 1.54 bits per heavy atom. The molecule has 0 aliphatic rings. The molecule has 0 spiro atoms. The third kappa shape index (κ3) is 5.49. The van der Waals surface area contributed by atoms with Crippen LogP contribution in [0, 0.1) is 11.6 Å². The van der Waals surface area contributed by atoms with Crippen LogP contribution in [0.2, 0.25) is 0 Å². The fraction of sp³-hybridized carbons (Fsp3) is 0.148. The second-order valence-electron chi connectivity index (χ2n) is 7.98. The molecule has 0 aliphatic heterocycles. The summed E-state index contributed by atoms with van der Waals surface area (Å²) in [6.07, 6.45) is 0.0180. The van der Waals surface area contributed by atoms with Crippen LogP contribution in [0.5, 0.6) is 5.75 Å². The number of methoxy groups -OCH3 is 1. The van der Waals surface area contributed by atoms with Gasteiger partial charge in [-0.2, -0.15) is 0 Å². The minimum Gasteiger partial charge on any atom is -0.497 e. The second kappa shape index (κ2) is 10.2. The van der Waals surface area contributed by atoms with E-state index < -0.39 is 27.6 Å². The molecule has 180 valence electrons. The number of hydrogen-bond acceptors (Lipinski definition) is 4. The molecule has 0 aliphatic carbocycles. The first-order valence-electron chi connectivity index (χ1n) is 10.9. The molecule has 8 heteroatoms. The van der Waals surface area contributed by atoms with Crippen molar-refractivity contribution in [2.45, 2.75) is 17.7 Å². The number of sulfonamides is 1. The second-order valence-corrected chi connectivity index (χ2v) is 9.84. The topological polar surface area (TPSA) is 63.7 Å². The zero-order chi connectivity index (χ0) is 25.0. The predicted molar refractivity (Wildman–Crippen MR) is 130 cm³/mol. The van der Waals surface area contributed by atoms with Crippen molar-refractivity contribution < 1.29 is 26.7 Å². The van der Waals surface area contributed by atoms with Crippen LogP contribution in [0.25, 0.3) is 10.8 Å². The Balaban J connectivity index is 1.67. The van der Waals surface area contributed by atoms with E-state index in [0.29, 0.717) is 11.3 Å². The average molecular weight is 496 g/mol. The highest BCUT2D eigenvalue weighted by molar-refractivity contribution is 7.89. The Bertz CT molecular complexity index is 1450. The Morgan fingerprint density at radius 3 is 2.20 bits per heavy atom. The lowest BCUT2D eigenvalue weighted by molar-refractivity contribution is -0.125. The molecule has 0 bridgehead atoms. The molecule has 0 heterocycles. The van der Waals surface area contributed by atoms with Gasteiger partial charge in [0.05, 0.1) is 18.4 Å². The van der Waals surface area contributed by atoms with Gasteiger partial charge in [-0.3, -0.25) is 4.79 Å². The molecule has 0 unspecified atom stereocenters. The number of hydrogen-bond donors (Lipinski definition) is 0. The van der Waals surface area contributed by atoms with Gasteiger partial charge < -0.3 is 4.74 Å². The van der Waals surface area contributed by atoms with Gasteiger partial charge in [-0.15, -0.1) is 0 Å². The molecule has 4 aromatic carbocycles. The highest BCUT2D eigenvalue weighted by Gasteiger charge is 2.29. The number of carbonyl (C=O) groups excluding carboxylic acids is 1. The summed E-state index contributed by atoms with van der Waals surface area (Å²) in [6, 6.07) is 20.9. The molecule has 35 heavy (non-hydrogen) atoms. The van der Waals surface area contributed by atoms with Crippen molar-refractivity contribution >= 4 is 26.7 Å². The zero-order valence-corrected chi connectivity index (χ0v) is 19.8. The normalized spacial score (nSPS) is 11.4. The van der Waals surface area contributed by atoms with Gasteiger partial charge >= 0.3 is 0 Å². The summed E-state index contributed by atoms with van der Waals surface area (Å²) in [6.45, 7) is -0.129. The quantitative estimate of drug-likeness (QED) is 0.340. The first-order valence-corrected chi connectivity index (χ1v) is 12.3. The Hall–Kier alpha value is -3.78. The van der Waals surface area contributed by atoms with Crippen LogP contribution < -0.4 is 4.74 Å². The van der Waals surface area contributed by atoms with Gasteiger partial charge in [0, 0.05) is 6.54 Å². The van der Waals surface area contributed by atoms with E-state index in [1.165, 1.54) is 24.3 Å². The van der Waals surface area contributed by atoms with Crippen LogP contribution in [0.4, 0.5) is 8.78 Å². The Morgan fingerprint density at radius 1 is 0.886 bits per heavy atom. The molecule has 1 amide bonds. The number of rotatable bonds is 8.